The van der Waals surface area contributed by atoms with Crippen LogP contribution in [0.5, 0.6) is 0 Å². The van der Waals surface area contributed by atoms with Gasteiger partial charge in [0.2, 0.25) is 0 Å². The van der Waals surface area contributed by atoms with Crippen molar-refractivity contribution >= 4 is 38.5 Å². The van der Waals surface area contributed by atoms with E-state index >= 15 is 0 Å². The Labute approximate surface area is 105 Å². The largest absolute Gasteiger partial charge is 0.476 e. The van der Waals surface area contributed by atoms with Crippen LogP contribution in [0.1, 0.15) is 15.5 Å². The topological polar surface area (TPSA) is 84.3 Å². The molecule has 0 atom stereocenters. The van der Waals surface area contributed by atoms with Gasteiger partial charge in [-0.2, -0.15) is 0 Å². The molecule has 17 heavy (non-hydrogen) atoms. The number of hydrogen-bond donors (Lipinski definition) is 1. The Hall–Kier alpha value is -1.25. The van der Waals surface area contributed by atoms with Gasteiger partial charge in [-0.05, 0) is 11.4 Å². The highest BCUT2D eigenvalue weighted by Gasteiger charge is 2.19. The molecule has 8 heteroatoms. The Morgan fingerprint density at radius 3 is 2.71 bits per heavy atom. The third-order valence-corrected chi connectivity index (χ3v) is 6.03. The highest BCUT2D eigenvalue weighted by molar-refractivity contribution is 7.92. The minimum Gasteiger partial charge on any atom is -0.476 e. The Balaban J connectivity index is 2.24. The van der Waals surface area contributed by atoms with Gasteiger partial charge < -0.3 is 5.11 Å². The summed E-state index contributed by atoms with van der Waals surface area (Å²) in [4.78, 5) is 14.4. The molecule has 0 fully saturated rings. The molecular weight excluding hydrogens is 282 g/mol. The molecule has 2 rings (SSSR count). The number of sulfone groups is 1. The highest BCUT2D eigenvalue weighted by Crippen LogP contribution is 2.22. The van der Waals surface area contributed by atoms with Crippen LogP contribution in [-0.4, -0.2) is 24.5 Å². The van der Waals surface area contributed by atoms with E-state index in [0.29, 0.717) is 0 Å². The lowest BCUT2D eigenvalue weighted by Crippen LogP contribution is -2.03. The molecule has 0 aliphatic carbocycles. The molecule has 5 nitrogen and oxygen atoms in total. The van der Waals surface area contributed by atoms with Crippen LogP contribution in [0, 0.1) is 0 Å². The van der Waals surface area contributed by atoms with Crippen molar-refractivity contribution in [1.29, 1.82) is 0 Å². The van der Waals surface area contributed by atoms with E-state index in [4.69, 9.17) is 5.11 Å². The number of rotatable bonds is 4. The Kier molecular flexibility index (Phi) is 3.27. The van der Waals surface area contributed by atoms with Crippen LogP contribution in [0.3, 0.4) is 0 Å². The number of carbonyl (C=O) groups is 1. The molecule has 0 aliphatic heterocycles. The molecule has 0 amide bonds. The third-order valence-electron chi connectivity index (χ3n) is 1.89. The molecule has 0 saturated carbocycles. The van der Waals surface area contributed by atoms with Crippen molar-refractivity contribution in [2.24, 2.45) is 0 Å². The average Bonchev–Trinajstić information content (AvgIpc) is 2.85. The van der Waals surface area contributed by atoms with Gasteiger partial charge in [0.25, 0.3) is 0 Å². The normalized spacial score (nSPS) is 11.5. The van der Waals surface area contributed by atoms with E-state index < -0.39 is 15.8 Å². The van der Waals surface area contributed by atoms with Crippen LogP contribution in [-0.2, 0) is 15.6 Å². The third kappa shape index (κ3) is 2.71. The summed E-state index contributed by atoms with van der Waals surface area (Å²) in [5, 5.41) is 12.0. The smallest absolute Gasteiger partial charge is 0.355 e. The summed E-state index contributed by atoms with van der Waals surface area (Å²) in [5.74, 6) is -1.41. The lowest BCUT2D eigenvalue weighted by atomic mass is 10.5. The molecule has 1 N–H and O–H groups in total. The highest BCUT2D eigenvalue weighted by atomic mass is 32.2. The summed E-state index contributed by atoms with van der Waals surface area (Å²) in [7, 11) is -3.41. The quantitative estimate of drug-likeness (QED) is 0.929. The lowest BCUT2D eigenvalue weighted by Gasteiger charge is -1.97. The molecular formula is C9H7NO4S3. The molecule has 0 aromatic carbocycles. The first-order valence-corrected chi connectivity index (χ1v) is 7.84. The van der Waals surface area contributed by atoms with Crippen molar-refractivity contribution in [3.05, 3.63) is 33.6 Å². The van der Waals surface area contributed by atoms with Gasteiger partial charge in [-0.1, -0.05) is 6.07 Å². The van der Waals surface area contributed by atoms with E-state index in [9.17, 15) is 13.2 Å². The zero-order valence-electron chi connectivity index (χ0n) is 8.36. The molecule has 0 bridgehead atoms. The molecule has 2 aromatic rings. The lowest BCUT2D eigenvalue weighted by molar-refractivity contribution is 0.0691. The summed E-state index contributed by atoms with van der Waals surface area (Å²) in [6.07, 6.45) is 0. The molecule has 0 aliphatic rings. The van der Waals surface area contributed by atoms with Gasteiger partial charge in [-0.25, -0.2) is 18.2 Å². The number of aromatic carboxylic acids is 1. The van der Waals surface area contributed by atoms with E-state index in [0.717, 1.165) is 22.7 Å². The fourth-order valence-electron chi connectivity index (χ4n) is 1.15. The van der Waals surface area contributed by atoms with Crippen molar-refractivity contribution in [2.45, 2.75) is 9.96 Å². The first kappa shape index (κ1) is 12.2. The molecule has 0 radical (unpaired) electrons. The van der Waals surface area contributed by atoms with Crippen LogP contribution in [0.15, 0.2) is 27.1 Å². The SMILES string of the molecule is O=C(O)c1csc(CS(=O)(=O)c2cccs2)n1. The van der Waals surface area contributed by atoms with Crippen molar-refractivity contribution in [3.63, 3.8) is 0 Å². The van der Waals surface area contributed by atoms with E-state index in [2.05, 4.69) is 4.98 Å². The summed E-state index contributed by atoms with van der Waals surface area (Å²) in [6, 6.07) is 3.17. The van der Waals surface area contributed by atoms with Gasteiger partial charge in [0, 0.05) is 5.38 Å². The van der Waals surface area contributed by atoms with Crippen LogP contribution in [0.4, 0.5) is 0 Å². The second-order valence-electron chi connectivity index (χ2n) is 3.12. The average molecular weight is 289 g/mol. The van der Waals surface area contributed by atoms with Crippen LogP contribution in [0.2, 0.25) is 0 Å². The number of nitrogens with zero attached hydrogens (tertiary/aromatic N) is 1. The maximum Gasteiger partial charge on any atom is 0.355 e. The number of carboxylic acid groups (broad SMARTS) is 1. The number of carboxylic acids is 1. The minimum atomic E-state index is -3.41. The molecule has 2 aromatic heterocycles. The first-order valence-electron chi connectivity index (χ1n) is 4.43. The van der Waals surface area contributed by atoms with E-state index in [1.807, 2.05) is 0 Å². The minimum absolute atomic E-state index is 0.119. The number of thiazole rings is 1. The molecule has 90 valence electrons. The fourth-order valence-corrected chi connectivity index (χ4v) is 4.64. The number of thiophene rings is 1. The number of aromatic nitrogens is 1. The van der Waals surface area contributed by atoms with Crippen molar-refractivity contribution < 1.29 is 18.3 Å². The van der Waals surface area contributed by atoms with Gasteiger partial charge in [0.1, 0.15) is 15.0 Å². The van der Waals surface area contributed by atoms with Crippen LogP contribution in [0.25, 0.3) is 0 Å². The number of hydrogen-bond acceptors (Lipinski definition) is 6. The van der Waals surface area contributed by atoms with Gasteiger partial charge >= 0.3 is 5.97 Å². The van der Waals surface area contributed by atoms with Gasteiger partial charge in [0.15, 0.2) is 15.5 Å². The Bertz CT molecular complexity index is 627. The maximum absolute atomic E-state index is 11.9. The molecule has 0 spiro atoms. The van der Waals surface area contributed by atoms with E-state index in [-0.39, 0.29) is 20.7 Å². The van der Waals surface area contributed by atoms with Gasteiger partial charge in [-0.15, -0.1) is 22.7 Å². The van der Waals surface area contributed by atoms with Gasteiger partial charge in [-0.3, -0.25) is 0 Å². The zero-order chi connectivity index (χ0) is 12.5. The van der Waals surface area contributed by atoms with E-state index in [1.165, 1.54) is 11.4 Å². The van der Waals surface area contributed by atoms with Gasteiger partial charge in [0.05, 0.1) is 0 Å². The second-order valence-corrected chi connectivity index (χ2v) is 7.23. The second kappa shape index (κ2) is 4.55. The zero-order valence-corrected chi connectivity index (χ0v) is 10.8. The summed E-state index contributed by atoms with van der Waals surface area (Å²) >= 11 is 2.17. The predicted octanol–water partition coefficient (Wildman–Crippen LogP) is 1.88. The summed E-state index contributed by atoms with van der Waals surface area (Å²) in [5.41, 5.74) is -0.119. The van der Waals surface area contributed by atoms with Crippen molar-refractivity contribution in [1.82, 2.24) is 4.98 Å². The molecule has 0 saturated heterocycles. The van der Waals surface area contributed by atoms with Crippen LogP contribution < -0.4 is 0 Å². The van der Waals surface area contributed by atoms with Crippen LogP contribution >= 0.6 is 22.7 Å². The predicted molar refractivity (Wildman–Crippen MR) is 64.3 cm³/mol. The molecule has 2 heterocycles. The Morgan fingerprint density at radius 1 is 1.41 bits per heavy atom. The van der Waals surface area contributed by atoms with E-state index in [1.54, 1.807) is 11.4 Å². The summed E-state index contributed by atoms with van der Waals surface area (Å²) < 4.78 is 24.0. The monoisotopic (exact) mass is 289 g/mol. The van der Waals surface area contributed by atoms with Crippen molar-refractivity contribution in [2.75, 3.05) is 0 Å². The maximum atomic E-state index is 11.9. The van der Waals surface area contributed by atoms with Crippen molar-refractivity contribution in [3.8, 4) is 0 Å². The fraction of sp³-hybridized carbons (Fsp3) is 0.111. The summed E-state index contributed by atoms with van der Waals surface area (Å²) in [6.45, 7) is 0. The standard InChI is InChI=1S/C9H7NO4S3/c11-9(12)6-4-16-7(10-6)5-17(13,14)8-2-1-3-15-8/h1-4H,5H2,(H,11,12). The molecule has 0 unspecified atom stereocenters. The Morgan fingerprint density at radius 2 is 2.18 bits per heavy atom. The first-order chi connectivity index (χ1) is 7.99.